The molecule has 1 fully saturated rings. The van der Waals surface area contributed by atoms with Gasteiger partial charge in [0.25, 0.3) is 0 Å². The van der Waals surface area contributed by atoms with Gasteiger partial charge in [0.2, 0.25) is 5.91 Å². The van der Waals surface area contributed by atoms with Crippen molar-refractivity contribution in [3.05, 3.63) is 28.2 Å². The van der Waals surface area contributed by atoms with E-state index in [0.29, 0.717) is 23.0 Å². The van der Waals surface area contributed by atoms with Crippen molar-refractivity contribution in [2.75, 3.05) is 18.1 Å². The van der Waals surface area contributed by atoms with Crippen LogP contribution in [0.2, 0.25) is 10.0 Å². The van der Waals surface area contributed by atoms with E-state index in [4.69, 9.17) is 23.2 Å². The van der Waals surface area contributed by atoms with Gasteiger partial charge >= 0.3 is 0 Å². The lowest BCUT2D eigenvalue weighted by molar-refractivity contribution is -0.129. The fourth-order valence-electron chi connectivity index (χ4n) is 2.38. The molecule has 2 aliphatic rings. The summed E-state index contributed by atoms with van der Waals surface area (Å²) in [6.07, 6.45) is 1.35. The molecular formula is C12H12Cl2N4O. The zero-order valence-corrected chi connectivity index (χ0v) is 11.6. The molecule has 1 atom stereocenters. The second-order valence-corrected chi connectivity index (χ2v) is 5.34. The van der Waals surface area contributed by atoms with Crippen LogP contribution >= 0.6 is 23.2 Å². The van der Waals surface area contributed by atoms with Gasteiger partial charge in [-0.25, -0.2) is 5.01 Å². The van der Waals surface area contributed by atoms with Crippen LogP contribution in [0.15, 0.2) is 28.5 Å². The number of amides is 1. The SMILES string of the molecule is O=C1CCCN1C1CN=NN1c1ccc(Cl)c(Cl)c1. The Balaban J connectivity index is 1.88. The summed E-state index contributed by atoms with van der Waals surface area (Å²) < 4.78 is 0. The quantitative estimate of drug-likeness (QED) is 0.842. The second-order valence-electron chi connectivity index (χ2n) is 4.53. The van der Waals surface area contributed by atoms with Gasteiger partial charge in [0.05, 0.1) is 15.7 Å². The summed E-state index contributed by atoms with van der Waals surface area (Å²) in [5.74, 6) is 0.155. The average Bonchev–Trinajstić information content (AvgIpc) is 3.00. The van der Waals surface area contributed by atoms with E-state index >= 15 is 0 Å². The molecule has 1 aromatic carbocycles. The van der Waals surface area contributed by atoms with Crippen LogP contribution in [0.25, 0.3) is 0 Å². The van der Waals surface area contributed by atoms with Gasteiger partial charge in [0.1, 0.15) is 12.7 Å². The van der Waals surface area contributed by atoms with Gasteiger partial charge < -0.3 is 4.90 Å². The summed E-state index contributed by atoms with van der Waals surface area (Å²) in [6, 6.07) is 5.28. The fraction of sp³-hybridized carbons (Fsp3) is 0.417. The number of hydrogen-bond donors (Lipinski definition) is 0. The largest absolute Gasteiger partial charge is 0.319 e. The number of anilines is 1. The predicted octanol–water partition coefficient (Wildman–Crippen LogP) is 3.13. The molecule has 0 saturated carbocycles. The molecule has 0 aromatic heterocycles. The molecule has 0 aliphatic carbocycles. The molecule has 5 nitrogen and oxygen atoms in total. The topological polar surface area (TPSA) is 48.3 Å². The Bertz CT molecular complexity index is 549. The third-order valence-electron chi connectivity index (χ3n) is 3.32. The van der Waals surface area contributed by atoms with E-state index in [1.807, 2.05) is 11.0 Å². The lowest BCUT2D eigenvalue weighted by Crippen LogP contribution is -2.46. The van der Waals surface area contributed by atoms with Gasteiger partial charge in [0.15, 0.2) is 0 Å². The number of hydrogen-bond acceptors (Lipinski definition) is 4. The highest BCUT2D eigenvalue weighted by molar-refractivity contribution is 6.42. The van der Waals surface area contributed by atoms with Crippen LogP contribution in [0.3, 0.4) is 0 Å². The van der Waals surface area contributed by atoms with Gasteiger partial charge in [-0.3, -0.25) is 4.79 Å². The molecule has 0 bridgehead atoms. The van der Waals surface area contributed by atoms with Gasteiger partial charge in [-0.05, 0) is 24.6 Å². The van der Waals surface area contributed by atoms with E-state index in [0.717, 1.165) is 18.7 Å². The summed E-state index contributed by atoms with van der Waals surface area (Å²) in [5.41, 5.74) is 0.792. The van der Waals surface area contributed by atoms with Crippen molar-refractivity contribution in [1.29, 1.82) is 0 Å². The van der Waals surface area contributed by atoms with Crippen molar-refractivity contribution >= 4 is 34.8 Å². The zero-order valence-electron chi connectivity index (χ0n) is 10.1. The molecular weight excluding hydrogens is 287 g/mol. The highest BCUT2D eigenvalue weighted by Gasteiger charge is 2.35. The normalized spacial score (nSPS) is 22.6. The van der Waals surface area contributed by atoms with Crippen molar-refractivity contribution in [1.82, 2.24) is 4.90 Å². The molecule has 100 valence electrons. The Morgan fingerprint density at radius 3 is 2.79 bits per heavy atom. The van der Waals surface area contributed by atoms with E-state index in [1.54, 1.807) is 17.1 Å². The van der Waals surface area contributed by atoms with Crippen LogP contribution in [-0.4, -0.2) is 30.1 Å². The Morgan fingerprint density at radius 1 is 1.26 bits per heavy atom. The van der Waals surface area contributed by atoms with E-state index < -0.39 is 0 Å². The predicted molar refractivity (Wildman–Crippen MR) is 73.4 cm³/mol. The van der Waals surface area contributed by atoms with Gasteiger partial charge in [-0.1, -0.05) is 28.4 Å². The van der Waals surface area contributed by atoms with Crippen LogP contribution in [-0.2, 0) is 4.79 Å². The van der Waals surface area contributed by atoms with Crippen molar-refractivity contribution < 1.29 is 4.79 Å². The first-order valence-corrected chi connectivity index (χ1v) is 6.83. The van der Waals surface area contributed by atoms with E-state index in [1.165, 1.54) is 0 Å². The van der Waals surface area contributed by atoms with Crippen LogP contribution in [0.1, 0.15) is 12.8 Å². The molecule has 1 amide bonds. The Morgan fingerprint density at radius 2 is 2.11 bits per heavy atom. The van der Waals surface area contributed by atoms with Crippen molar-refractivity contribution in [3.63, 3.8) is 0 Å². The molecule has 0 N–H and O–H groups in total. The lowest BCUT2D eigenvalue weighted by Gasteiger charge is -2.30. The minimum Gasteiger partial charge on any atom is -0.319 e. The van der Waals surface area contributed by atoms with Gasteiger partial charge in [0, 0.05) is 13.0 Å². The molecule has 2 heterocycles. The number of nitrogens with zero attached hydrogens (tertiary/aromatic N) is 4. The maximum atomic E-state index is 11.8. The molecule has 19 heavy (non-hydrogen) atoms. The summed E-state index contributed by atoms with van der Waals surface area (Å²) in [7, 11) is 0. The Hall–Kier alpha value is -1.33. The maximum absolute atomic E-state index is 11.8. The molecule has 0 radical (unpaired) electrons. The number of benzene rings is 1. The Kier molecular flexibility index (Phi) is 3.33. The number of carbonyl (C=O) groups excluding carboxylic acids is 1. The second kappa shape index (κ2) is 4.98. The van der Waals surface area contributed by atoms with Crippen LogP contribution in [0.4, 0.5) is 5.69 Å². The molecule has 3 rings (SSSR count). The monoisotopic (exact) mass is 298 g/mol. The average molecular weight is 299 g/mol. The minimum absolute atomic E-state index is 0.146. The number of carbonyl (C=O) groups is 1. The first-order chi connectivity index (χ1) is 9.16. The molecule has 1 saturated heterocycles. The first-order valence-electron chi connectivity index (χ1n) is 6.08. The Labute approximate surface area is 120 Å². The van der Waals surface area contributed by atoms with Crippen LogP contribution in [0.5, 0.6) is 0 Å². The summed E-state index contributed by atoms with van der Waals surface area (Å²) >= 11 is 11.9. The lowest BCUT2D eigenvalue weighted by atomic mass is 10.3. The molecule has 2 aliphatic heterocycles. The third-order valence-corrected chi connectivity index (χ3v) is 4.06. The molecule has 1 aromatic rings. The summed E-state index contributed by atoms with van der Waals surface area (Å²) in [5, 5.41) is 10.8. The highest BCUT2D eigenvalue weighted by atomic mass is 35.5. The van der Waals surface area contributed by atoms with E-state index in [9.17, 15) is 4.79 Å². The minimum atomic E-state index is -0.146. The smallest absolute Gasteiger partial charge is 0.224 e. The van der Waals surface area contributed by atoms with Gasteiger partial charge in [-0.2, -0.15) is 5.11 Å². The van der Waals surface area contributed by atoms with Crippen LogP contribution in [0, 0.1) is 0 Å². The highest BCUT2D eigenvalue weighted by Crippen LogP contribution is 2.31. The number of halogens is 2. The van der Waals surface area contributed by atoms with E-state index in [2.05, 4.69) is 10.3 Å². The maximum Gasteiger partial charge on any atom is 0.224 e. The van der Waals surface area contributed by atoms with Crippen molar-refractivity contribution in [3.8, 4) is 0 Å². The van der Waals surface area contributed by atoms with Crippen LogP contribution < -0.4 is 5.01 Å². The first kappa shape index (κ1) is 12.7. The zero-order chi connectivity index (χ0) is 13.4. The fourth-order valence-corrected chi connectivity index (χ4v) is 2.67. The third kappa shape index (κ3) is 2.28. The summed E-state index contributed by atoms with van der Waals surface area (Å²) in [6.45, 7) is 1.25. The standard InChI is InChI=1S/C12H12Cl2N4O/c13-9-4-3-8(6-10(9)14)18-11(7-15-16-18)17-5-1-2-12(17)19/h3-4,6,11H,1-2,5,7H2. The number of likely N-dealkylation sites (tertiary alicyclic amines) is 1. The van der Waals surface area contributed by atoms with E-state index in [-0.39, 0.29) is 12.1 Å². The molecule has 1 unspecified atom stereocenters. The molecule has 7 heteroatoms. The summed E-state index contributed by atoms with van der Waals surface area (Å²) in [4.78, 5) is 13.6. The molecule has 0 spiro atoms. The van der Waals surface area contributed by atoms with Crippen molar-refractivity contribution in [2.24, 2.45) is 10.3 Å². The van der Waals surface area contributed by atoms with Gasteiger partial charge in [-0.15, -0.1) is 0 Å². The number of rotatable bonds is 2. The van der Waals surface area contributed by atoms with Crippen molar-refractivity contribution in [2.45, 2.75) is 19.0 Å².